The Hall–Kier alpha value is -1.81. The zero-order valence-corrected chi connectivity index (χ0v) is 12.2. The first-order valence-electron chi connectivity index (χ1n) is 6.78. The van der Waals surface area contributed by atoms with Gasteiger partial charge in [-0.25, -0.2) is 9.97 Å². The molecule has 1 saturated heterocycles. The monoisotopic (exact) mass is 288 g/mol. The third kappa shape index (κ3) is 2.56. The average Bonchev–Trinajstić information content (AvgIpc) is 2.49. The molecule has 1 aliphatic heterocycles. The smallest absolute Gasteiger partial charge is 0.151 e. The first-order valence-corrected chi connectivity index (χ1v) is 7.15. The second kappa shape index (κ2) is 5.67. The maximum atomic E-state index is 6.20. The van der Waals surface area contributed by atoms with Crippen LogP contribution in [-0.4, -0.2) is 35.6 Å². The number of halogens is 1. The second-order valence-corrected chi connectivity index (χ2v) is 5.43. The highest BCUT2D eigenvalue weighted by molar-refractivity contribution is 6.32. The van der Waals surface area contributed by atoms with Crippen molar-refractivity contribution in [3.05, 3.63) is 47.9 Å². The van der Waals surface area contributed by atoms with E-state index in [-0.39, 0.29) is 0 Å². The van der Waals surface area contributed by atoms with Crippen molar-refractivity contribution in [3.8, 4) is 0 Å². The van der Waals surface area contributed by atoms with Crippen LogP contribution in [0.15, 0.2) is 42.9 Å². The van der Waals surface area contributed by atoms with Gasteiger partial charge in [0.25, 0.3) is 0 Å². The molecule has 2 heterocycles. The summed E-state index contributed by atoms with van der Waals surface area (Å²) in [6.45, 7) is 5.04. The van der Waals surface area contributed by atoms with E-state index in [4.69, 9.17) is 11.6 Å². The fourth-order valence-corrected chi connectivity index (χ4v) is 2.88. The molecule has 3 rings (SSSR count). The summed E-state index contributed by atoms with van der Waals surface area (Å²) < 4.78 is 0. The highest BCUT2D eigenvalue weighted by Crippen LogP contribution is 2.27. The number of hydrogen-bond donors (Lipinski definition) is 0. The van der Waals surface area contributed by atoms with Gasteiger partial charge in [0, 0.05) is 31.4 Å². The number of anilines is 2. The summed E-state index contributed by atoms with van der Waals surface area (Å²) in [5.41, 5.74) is 1.27. The van der Waals surface area contributed by atoms with Gasteiger partial charge < -0.3 is 9.80 Å². The quantitative estimate of drug-likeness (QED) is 0.851. The van der Waals surface area contributed by atoms with Gasteiger partial charge in [-0.1, -0.05) is 29.8 Å². The lowest BCUT2D eigenvalue weighted by atomic mass is 10.1. The van der Waals surface area contributed by atoms with Crippen LogP contribution in [0.1, 0.15) is 6.92 Å². The van der Waals surface area contributed by atoms with Crippen LogP contribution in [0.4, 0.5) is 11.5 Å². The fraction of sp³-hybridized carbons (Fsp3) is 0.333. The summed E-state index contributed by atoms with van der Waals surface area (Å²) in [5.74, 6) is 0.835. The number of para-hydroxylation sites is 1. The van der Waals surface area contributed by atoms with Crippen LogP contribution in [0, 0.1) is 0 Å². The minimum absolute atomic E-state index is 0.358. The molecule has 20 heavy (non-hydrogen) atoms. The summed E-state index contributed by atoms with van der Waals surface area (Å²) in [6.07, 6.45) is 3.21. The minimum atomic E-state index is 0.358. The van der Waals surface area contributed by atoms with Crippen molar-refractivity contribution >= 4 is 23.1 Å². The molecule has 104 valence electrons. The fourth-order valence-electron chi connectivity index (χ4n) is 2.66. The molecule has 1 unspecified atom stereocenters. The van der Waals surface area contributed by atoms with Crippen molar-refractivity contribution in [2.75, 3.05) is 29.4 Å². The molecule has 1 aromatic carbocycles. The molecule has 0 bridgehead atoms. The van der Waals surface area contributed by atoms with Gasteiger partial charge in [0.1, 0.15) is 11.3 Å². The summed E-state index contributed by atoms with van der Waals surface area (Å²) in [4.78, 5) is 12.9. The van der Waals surface area contributed by atoms with Crippen LogP contribution in [0.2, 0.25) is 5.02 Å². The number of benzene rings is 1. The van der Waals surface area contributed by atoms with Crippen LogP contribution in [0.25, 0.3) is 0 Å². The highest BCUT2D eigenvalue weighted by atomic mass is 35.5. The summed E-state index contributed by atoms with van der Waals surface area (Å²) in [7, 11) is 0. The van der Waals surface area contributed by atoms with E-state index in [9.17, 15) is 0 Å². The normalized spacial score (nSPS) is 19.2. The van der Waals surface area contributed by atoms with E-state index >= 15 is 0 Å². The van der Waals surface area contributed by atoms with Gasteiger partial charge in [0.15, 0.2) is 5.82 Å². The van der Waals surface area contributed by atoms with Crippen molar-refractivity contribution in [2.45, 2.75) is 13.0 Å². The van der Waals surface area contributed by atoms with E-state index in [0.29, 0.717) is 11.1 Å². The van der Waals surface area contributed by atoms with Gasteiger partial charge in [0.2, 0.25) is 0 Å². The van der Waals surface area contributed by atoms with Gasteiger partial charge in [-0.05, 0) is 19.1 Å². The van der Waals surface area contributed by atoms with E-state index in [1.807, 2.05) is 6.07 Å². The Morgan fingerprint density at radius 2 is 2.00 bits per heavy atom. The Bertz CT molecular complexity index is 575. The molecular formula is C15H17ClN4. The molecule has 1 aromatic heterocycles. The van der Waals surface area contributed by atoms with E-state index in [1.165, 1.54) is 5.69 Å². The van der Waals surface area contributed by atoms with Gasteiger partial charge in [0.05, 0.1) is 6.20 Å². The number of hydrogen-bond acceptors (Lipinski definition) is 4. The molecule has 0 aliphatic carbocycles. The second-order valence-electron chi connectivity index (χ2n) is 5.02. The average molecular weight is 289 g/mol. The van der Waals surface area contributed by atoms with Crippen molar-refractivity contribution < 1.29 is 0 Å². The summed E-state index contributed by atoms with van der Waals surface area (Å²) >= 11 is 6.20. The molecule has 1 atom stereocenters. The Kier molecular flexibility index (Phi) is 3.74. The van der Waals surface area contributed by atoms with Crippen LogP contribution in [0.5, 0.6) is 0 Å². The van der Waals surface area contributed by atoms with Crippen molar-refractivity contribution in [1.29, 1.82) is 0 Å². The predicted molar refractivity (Wildman–Crippen MR) is 82.5 cm³/mol. The Morgan fingerprint density at radius 1 is 1.20 bits per heavy atom. The highest BCUT2D eigenvalue weighted by Gasteiger charge is 2.26. The molecule has 1 aliphatic rings. The maximum Gasteiger partial charge on any atom is 0.151 e. The molecule has 0 N–H and O–H groups in total. The Balaban J connectivity index is 1.76. The first-order chi connectivity index (χ1) is 9.75. The lowest BCUT2D eigenvalue weighted by Crippen LogP contribution is -2.52. The molecule has 5 heteroatoms. The third-order valence-corrected chi connectivity index (χ3v) is 3.94. The first kappa shape index (κ1) is 13.2. The zero-order valence-electron chi connectivity index (χ0n) is 11.4. The molecule has 0 saturated carbocycles. The van der Waals surface area contributed by atoms with E-state index < -0.39 is 0 Å². The summed E-state index contributed by atoms with van der Waals surface area (Å²) in [5, 5.41) is 0.618. The van der Waals surface area contributed by atoms with Gasteiger partial charge >= 0.3 is 0 Å². The lowest BCUT2D eigenvalue weighted by Gasteiger charge is -2.41. The van der Waals surface area contributed by atoms with Crippen LogP contribution in [-0.2, 0) is 0 Å². The van der Waals surface area contributed by atoms with E-state index in [1.54, 1.807) is 12.5 Å². The number of rotatable bonds is 2. The Labute approximate surface area is 124 Å². The van der Waals surface area contributed by atoms with E-state index in [0.717, 1.165) is 25.5 Å². The topological polar surface area (TPSA) is 32.3 Å². The number of piperazine rings is 1. The van der Waals surface area contributed by atoms with Crippen LogP contribution in [0.3, 0.4) is 0 Å². The van der Waals surface area contributed by atoms with Gasteiger partial charge in [-0.15, -0.1) is 0 Å². The van der Waals surface area contributed by atoms with Crippen molar-refractivity contribution in [2.24, 2.45) is 0 Å². The number of nitrogens with zero attached hydrogens (tertiary/aromatic N) is 4. The predicted octanol–water partition coefficient (Wildman–Crippen LogP) is 2.85. The molecule has 4 nitrogen and oxygen atoms in total. The maximum absolute atomic E-state index is 6.20. The van der Waals surface area contributed by atoms with Gasteiger partial charge in [-0.2, -0.15) is 0 Å². The van der Waals surface area contributed by atoms with Crippen LogP contribution < -0.4 is 9.80 Å². The standard InChI is InChI=1S/C15H17ClN4/c1-12-10-19(13-5-3-2-4-6-13)7-8-20(12)15-14(16)9-17-11-18-15/h2-6,9,11-12H,7-8,10H2,1H3. The summed E-state index contributed by atoms with van der Waals surface area (Å²) in [6, 6.07) is 10.9. The largest absolute Gasteiger partial charge is 0.368 e. The molecule has 0 spiro atoms. The SMILES string of the molecule is CC1CN(c2ccccc2)CCN1c1ncncc1Cl. The van der Waals surface area contributed by atoms with Gasteiger partial charge in [-0.3, -0.25) is 0 Å². The third-order valence-electron chi connectivity index (χ3n) is 3.67. The molecule has 0 amide bonds. The zero-order chi connectivity index (χ0) is 13.9. The van der Waals surface area contributed by atoms with Crippen molar-refractivity contribution in [3.63, 3.8) is 0 Å². The molecular weight excluding hydrogens is 272 g/mol. The molecule has 0 radical (unpaired) electrons. The Morgan fingerprint density at radius 3 is 2.70 bits per heavy atom. The minimum Gasteiger partial charge on any atom is -0.368 e. The number of aromatic nitrogens is 2. The van der Waals surface area contributed by atoms with Crippen LogP contribution >= 0.6 is 11.6 Å². The molecule has 2 aromatic rings. The van der Waals surface area contributed by atoms with Crippen molar-refractivity contribution in [1.82, 2.24) is 9.97 Å². The van der Waals surface area contributed by atoms with E-state index in [2.05, 4.69) is 51.0 Å². The lowest BCUT2D eigenvalue weighted by molar-refractivity contribution is 0.546. The molecule has 1 fully saturated rings.